The Balaban J connectivity index is 1.79. The fraction of sp³-hybridized carbons (Fsp3) is 0. The maximum absolute atomic E-state index is 13.1. The van der Waals surface area contributed by atoms with Crippen LogP contribution in [0.15, 0.2) is 60.7 Å². The summed E-state index contributed by atoms with van der Waals surface area (Å²) in [6, 6.07) is 16.7. The molecule has 0 aromatic heterocycles. The first-order chi connectivity index (χ1) is 13.0. The highest BCUT2D eigenvalue weighted by Crippen LogP contribution is 2.34. The van der Waals surface area contributed by atoms with Crippen molar-refractivity contribution in [1.82, 2.24) is 0 Å². The molecule has 0 saturated heterocycles. The lowest BCUT2D eigenvalue weighted by Crippen LogP contribution is -2.20. The van der Waals surface area contributed by atoms with Gasteiger partial charge in [-0.25, -0.2) is 0 Å². The van der Waals surface area contributed by atoms with Crippen LogP contribution in [0.2, 0.25) is 0 Å². The van der Waals surface area contributed by atoms with Crippen LogP contribution in [0, 0.1) is 0 Å². The number of hydrogen-bond donors (Lipinski definition) is 1. The average Bonchev–Trinajstić information content (AvgIpc) is 2.69. The van der Waals surface area contributed by atoms with Gasteiger partial charge < -0.3 is 5.11 Å². The number of carbonyl (C=O) groups is 3. The molecule has 0 aliphatic heterocycles. The molecule has 128 valence electrons. The van der Waals surface area contributed by atoms with Crippen LogP contribution in [-0.4, -0.2) is 23.0 Å². The van der Waals surface area contributed by atoms with Crippen LogP contribution < -0.4 is 0 Å². The molecule has 1 N–H and O–H groups in total. The lowest BCUT2D eigenvalue weighted by atomic mass is 9.81. The van der Waals surface area contributed by atoms with Crippen molar-refractivity contribution >= 4 is 39.4 Å². The molecule has 0 saturated carbocycles. The van der Waals surface area contributed by atoms with Gasteiger partial charge in [0, 0.05) is 27.8 Å². The highest BCUT2D eigenvalue weighted by molar-refractivity contribution is 6.30. The molecule has 4 aromatic rings. The number of carbonyl (C=O) groups excluding carboxylic acids is 3. The summed E-state index contributed by atoms with van der Waals surface area (Å²) in [5.41, 5.74) is 1.92. The molecule has 0 bridgehead atoms. The zero-order chi connectivity index (χ0) is 18.7. The van der Waals surface area contributed by atoms with Gasteiger partial charge in [0.2, 0.25) is 0 Å². The van der Waals surface area contributed by atoms with Gasteiger partial charge in [0.05, 0.1) is 0 Å². The molecule has 4 nitrogen and oxygen atoms in total. The monoisotopic (exact) mass is 352 g/mol. The standard InChI is InChI=1S/C23H12O4/c24-11-12-1-2-13-7-18-20(9-15(13)5-12)23(27)21-10-16-6-17(25)4-3-14(16)8-19(21)22(18)26/h1-11,25H. The predicted molar refractivity (Wildman–Crippen MR) is 102 cm³/mol. The van der Waals surface area contributed by atoms with Crippen LogP contribution in [0.1, 0.15) is 42.2 Å². The third-order valence-corrected chi connectivity index (χ3v) is 5.08. The minimum Gasteiger partial charge on any atom is -0.508 e. The largest absolute Gasteiger partial charge is 0.508 e. The van der Waals surface area contributed by atoms with E-state index in [9.17, 15) is 19.5 Å². The van der Waals surface area contributed by atoms with Crippen LogP contribution in [0.25, 0.3) is 21.5 Å². The number of benzene rings is 4. The first-order valence-corrected chi connectivity index (χ1v) is 8.44. The van der Waals surface area contributed by atoms with Gasteiger partial charge in [0.25, 0.3) is 0 Å². The van der Waals surface area contributed by atoms with Crippen molar-refractivity contribution in [3.05, 3.63) is 88.5 Å². The van der Waals surface area contributed by atoms with Gasteiger partial charge in [-0.3, -0.25) is 14.4 Å². The number of ketones is 2. The summed E-state index contributed by atoms with van der Waals surface area (Å²) in [6.45, 7) is 0. The number of phenols is 1. The maximum Gasteiger partial charge on any atom is 0.194 e. The quantitative estimate of drug-likeness (QED) is 0.457. The molecule has 4 aromatic carbocycles. The Morgan fingerprint density at radius 2 is 1.07 bits per heavy atom. The van der Waals surface area contributed by atoms with E-state index in [2.05, 4.69) is 0 Å². The zero-order valence-corrected chi connectivity index (χ0v) is 14.0. The summed E-state index contributed by atoms with van der Waals surface area (Å²) in [7, 11) is 0. The number of phenolic OH excluding ortho intramolecular Hbond substituents is 1. The molecule has 0 heterocycles. The molecule has 0 unspecified atom stereocenters. The molecular weight excluding hydrogens is 340 g/mol. The Morgan fingerprint density at radius 1 is 0.593 bits per heavy atom. The molecule has 5 rings (SSSR count). The molecule has 1 aliphatic rings. The molecule has 0 fully saturated rings. The molecule has 0 atom stereocenters. The molecule has 4 heteroatoms. The normalized spacial score (nSPS) is 12.9. The summed E-state index contributed by atoms with van der Waals surface area (Å²) in [5.74, 6) is -0.330. The topological polar surface area (TPSA) is 71.4 Å². The Labute approximate surface area is 153 Å². The van der Waals surface area contributed by atoms with Crippen molar-refractivity contribution in [3.8, 4) is 5.75 Å². The lowest BCUT2D eigenvalue weighted by molar-refractivity contribution is 0.0979. The summed E-state index contributed by atoms with van der Waals surface area (Å²) in [6.07, 6.45) is 0.750. The second kappa shape index (κ2) is 5.35. The minimum absolute atomic E-state index is 0.102. The Kier molecular flexibility index (Phi) is 3.06. The highest BCUT2D eigenvalue weighted by Gasteiger charge is 2.30. The number of aldehydes is 1. The van der Waals surface area contributed by atoms with Gasteiger partial charge in [-0.15, -0.1) is 0 Å². The fourth-order valence-electron chi connectivity index (χ4n) is 3.72. The van der Waals surface area contributed by atoms with Gasteiger partial charge >= 0.3 is 0 Å². The van der Waals surface area contributed by atoms with Gasteiger partial charge in [0.1, 0.15) is 12.0 Å². The van der Waals surface area contributed by atoms with Crippen molar-refractivity contribution in [2.75, 3.05) is 0 Å². The third kappa shape index (κ3) is 2.20. The van der Waals surface area contributed by atoms with E-state index in [1.54, 1.807) is 60.7 Å². The van der Waals surface area contributed by atoms with Crippen LogP contribution in [0.4, 0.5) is 0 Å². The Morgan fingerprint density at radius 3 is 1.63 bits per heavy atom. The SMILES string of the molecule is O=Cc1ccc2cc3c(cc2c1)C(=O)c1cc2cc(O)ccc2cc1C3=O. The summed E-state index contributed by atoms with van der Waals surface area (Å²) < 4.78 is 0. The number of rotatable bonds is 1. The summed E-state index contributed by atoms with van der Waals surface area (Å²) in [5, 5.41) is 12.7. The van der Waals surface area contributed by atoms with Crippen molar-refractivity contribution in [1.29, 1.82) is 0 Å². The van der Waals surface area contributed by atoms with Gasteiger partial charge in [-0.2, -0.15) is 0 Å². The number of aromatic hydroxyl groups is 1. The van der Waals surface area contributed by atoms with E-state index >= 15 is 0 Å². The summed E-state index contributed by atoms with van der Waals surface area (Å²) >= 11 is 0. The molecule has 27 heavy (non-hydrogen) atoms. The zero-order valence-electron chi connectivity index (χ0n) is 14.0. The fourth-order valence-corrected chi connectivity index (χ4v) is 3.72. The van der Waals surface area contributed by atoms with E-state index in [-0.39, 0.29) is 17.3 Å². The predicted octanol–water partition coefficient (Wildman–Crippen LogP) is 4.29. The number of hydrogen-bond acceptors (Lipinski definition) is 4. The first-order valence-electron chi connectivity index (χ1n) is 8.44. The second-order valence-electron chi connectivity index (χ2n) is 6.71. The number of fused-ring (bicyclic) bond motifs is 4. The highest BCUT2D eigenvalue weighted by atomic mass is 16.3. The average molecular weight is 352 g/mol. The smallest absolute Gasteiger partial charge is 0.194 e. The van der Waals surface area contributed by atoms with Crippen molar-refractivity contribution in [2.45, 2.75) is 0 Å². The van der Waals surface area contributed by atoms with Gasteiger partial charge in [-0.05, 0) is 64.0 Å². The van der Waals surface area contributed by atoms with Gasteiger partial charge in [0.15, 0.2) is 11.6 Å². The van der Waals surface area contributed by atoms with Gasteiger partial charge in [-0.1, -0.05) is 18.2 Å². The van der Waals surface area contributed by atoms with Crippen LogP contribution in [-0.2, 0) is 0 Å². The van der Waals surface area contributed by atoms with E-state index in [1.807, 2.05) is 0 Å². The second-order valence-corrected chi connectivity index (χ2v) is 6.71. The van der Waals surface area contributed by atoms with E-state index in [4.69, 9.17) is 0 Å². The van der Waals surface area contributed by atoms with Crippen molar-refractivity contribution in [3.63, 3.8) is 0 Å². The van der Waals surface area contributed by atoms with E-state index in [1.165, 1.54) is 0 Å². The first kappa shape index (κ1) is 15.5. The van der Waals surface area contributed by atoms with E-state index in [0.717, 1.165) is 22.4 Å². The Bertz CT molecular complexity index is 1330. The maximum atomic E-state index is 13.1. The van der Waals surface area contributed by atoms with Crippen molar-refractivity contribution < 1.29 is 19.5 Å². The van der Waals surface area contributed by atoms with Crippen molar-refractivity contribution in [2.24, 2.45) is 0 Å². The molecule has 0 radical (unpaired) electrons. The summed E-state index contributed by atoms with van der Waals surface area (Å²) in [4.78, 5) is 37.2. The van der Waals surface area contributed by atoms with E-state index < -0.39 is 0 Å². The van der Waals surface area contributed by atoms with Crippen LogP contribution >= 0.6 is 0 Å². The third-order valence-electron chi connectivity index (χ3n) is 5.08. The van der Waals surface area contributed by atoms with E-state index in [0.29, 0.717) is 33.2 Å². The van der Waals surface area contributed by atoms with Crippen LogP contribution in [0.3, 0.4) is 0 Å². The lowest BCUT2D eigenvalue weighted by Gasteiger charge is -2.19. The molecular formula is C23H12O4. The molecule has 0 spiro atoms. The van der Waals surface area contributed by atoms with Crippen LogP contribution in [0.5, 0.6) is 5.75 Å². The molecule has 1 aliphatic carbocycles. The minimum atomic E-state index is -0.233. The molecule has 0 amide bonds. The Hall–Kier alpha value is -3.79.